The maximum atomic E-state index is 12.7. The highest BCUT2D eigenvalue weighted by atomic mass is 16.5. The van der Waals surface area contributed by atoms with Crippen molar-refractivity contribution in [3.8, 4) is 0 Å². The first-order chi connectivity index (χ1) is 23.9. The summed E-state index contributed by atoms with van der Waals surface area (Å²) in [5.74, 6) is 0.0373. The van der Waals surface area contributed by atoms with Crippen LogP contribution in [0.4, 0.5) is 0 Å². The Kier molecular flexibility index (Phi) is 36.4. The number of unbranched alkanes of at least 4 members (excludes halogenated alkanes) is 20. The van der Waals surface area contributed by atoms with E-state index in [2.05, 4.69) is 83.6 Å². The largest absolute Gasteiger partial charge is 0.462 e. The van der Waals surface area contributed by atoms with Gasteiger partial charge in [-0.2, -0.15) is 0 Å². The topological polar surface area (TPSA) is 26.3 Å². The van der Waals surface area contributed by atoms with E-state index in [0.717, 1.165) is 43.0 Å². The molecule has 0 aromatic rings. The second-order valence-corrected chi connectivity index (χ2v) is 15.7. The number of carbonyl (C=O) groups excluding carboxylic acids is 1. The monoisotopic (exact) mass is 685 g/mol. The van der Waals surface area contributed by atoms with Crippen molar-refractivity contribution in [1.82, 2.24) is 0 Å². The maximum absolute atomic E-state index is 12.7. The zero-order valence-electron chi connectivity index (χ0n) is 33.9. The molecule has 0 aromatic heterocycles. The zero-order chi connectivity index (χ0) is 35.9. The molecule has 3 heteroatoms. The fourth-order valence-corrected chi connectivity index (χ4v) is 6.26. The van der Waals surface area contributed by atoms with Gasteiger partial charge in [0, 0.05) is 6.42 Å². The van der Waals surface area contributed by atoms with Crippen LogP contribution in [0.1, 0.15) is 206 Å². The van der Waals surface area contributed by atoms with Crippen molar-refractivity contribution in [2.24, 2.45) is 0 Å². The number of carbonyl (C=O) groups is 1. The van der Waals surface area contributed by atoms with Gasteiger partial charge in [0.2, 0.25) is 0 Å². The molecule has 0 aliphatic carbocycles. The molecule has 0 aromatic carbocycles. The third kappa shape index (κ3) is 40.7. The number of esters is 1. The van der Waals surface area contributed by atoms with Crippen LogP contribution >= 0.6 is 0 Å². The lowest BCUT2D eigenvalue weighted by molar-refractivity contribution is -0.870. The van der Waals surface area contributed by atoms with Crippen molar-refractivity contribution < 1.29 is 14.0 Å². The van der Waals surface area contributed by atoms with Crippen LogP contribution in [-0.4, -0.2) is 44.2 Å². The van der Waals surface area contributed by atoms with Crippen LogP contribution in [-0.2, 0) is 9.53 Å². The summed E-state index contributed by atoms with van der Waals surface area (Å²) in [5.41, 5.74) is 0. The Morgan fingerprint density at radius 1 is 0.469 bits per heavy atom. The molecule has 286 valence electrons. The molecule has 0 heterocycles. The van der Waals surface area contributed by atoms with Crippen LogP contribution in [0.15, 0.2) is 48.6 Å². The highest BCUT2D eigenvalue weighted by molar-refractivity contribution is 5.69. The summed E-state index contributed by atoms with van der Waals surface area (Å²) in [6, 6.07) is 0. The average Bonchev–Trinajstić information content (AvgIpc) is 3.07. The van der Waals surface area contributed by atoms with Gasteiger partial charge in [0.15, 0.2) is 0 Å². The van der Waals surface area contributed by atoms with Gasteiger partial charge in [0.25, 0.3) is 0 Å². The first-order valence-electron chi connectivity index (χ1n) is 21.5. The van der Waals surface area contributed by atoms with E-state index in [1.807, 2.05) is 0 Å². The van der Waals surface area contributed by atoms with E-state index in [0.29, 0.717) is 6.42 Å². The molecular formula is C46H86NO2+. The fourth-order valence-electron chi connectivity index (χ4n) is 6.26. The van der Waals surface area contributed by atoms with E-state index in [1.165, 1.54) is 154 Å². The molecule has 3 nitrogen and oxygen atoms in total. The third-order valence-electron chi connectivity index (χ3n) is 9.46. The van der Waals surface area contributed by atoms with E-state index in [1.54, 1.807) is 0 Å². The smallest absolute Gasteiger partial charge is 0.306 e. The molecule has 0 bridgehead atoms. The minimum atomic E-state index is 0.0373. The molecule has 49 heavy (non-hydrogen) atoms. The lowest BCUT2D eigenvalue weighted by Crippen LogP contribution is -2.35. The highest BCUT2D eigenvalue weighted by Crippen LogP contribution is 2.19. The number of nitrogens with zero attached hydrogens (tertiary/aromatic N) is 1. The number of hydrogen-bond donors (Lipinski definition) is 0. The second kappa shape index (κ2) is 37.6. The first kappa shape index (κ1) is 47.4. The van der Waals surface area contributed by atoms with Crippen LogP contribution < -0.4 is 0 Å². The van der Waals surface area contributed by atoms with Gasteiger partial charge >= 0.3 is 5.97 Å². The van der Waals surface area contributed by atoms with Crippen LogP contribution in [0.2, 0.25) is 0 Å². The molecule has 0 unspecified atom stereocenters. The SMILES string of the molecule is CCCCCC=CCC=CCCCCCCCCC(CCCCCCCCC=CCC=CCCCCC)OC(=O)CCCCC[N+](C)(C)C. The van der Waals surface area contributed by atoms with E-state index >= 15 is 0 Å². The van der Waals surface area contributed by atoms with Crippen LogP contribution in [0.25, 0.3) is 0 Å². The normalized spacial score (nSPS) is 13.2. The van der Waals surface area contributed by atoms with Crippen molar-refractivity contribution in [2.75, 3.05) is 27.7 Å². The second-order valence-electron chi connectivity index (χ2n) is 15.7. The van der Waals surface area contributed by atoms with Crippen LogP contribution in [0, 0.1) is 0 Å². The number of ether oxygens (including phenoxy) is 1. The van der Waals surface area contributed by atoms with Gasteiger partial charge in [-0.05, 0) is 109 Å². The Morgan fingerprint density at radius 3 is 1.24 bits per heavy atom. The summed E-state index contributed by atoms with van der Waals surface area (Å²) in [5, 5.41) is 0. The van der Waals surface area contributed by atoms with Crippen molar-refractivity contribution in [3.05, 3.63) is 48.6 Å². The summed E-state index contributed by atoms with van der Waals surface area (Å²) in [4.78, 5) is 12.7. The minimum Gasteiger partial charge on any atom is -0.462 e. The molecular weight excluding hydrogens is 599 g/mol. The van der Waals surface area contributed by atoms with E-state index in [-0.39, 0.29) is 12.1 Å². The lowest BCUT2D eigenvalue weighted by Gasteiger charge is -2.23. The Morgan fingerprint density at radius 2 is 0.837 bits per heavy atom. The Bertz CT molecular complexity index is 754. The van der Waals surface area contributed by atoms with Gasteiger partial charge < -0.3 is 9.22 Å². The minimum absolute atomic E-state index is 0.0373. The van der Waals surface area contributed by atoms with Gasteiger partial charge in [-0.3, -0.25) is 4.79 Å². The van der Waals surface area contributed by atoms with Gasteiger partial charge in [0.1, 0.15) is 6.10 Å². The van der Waals surface area contributed by atoms with Gasteiger partial charge in [0.05, 0.1) is 27.7 Å². The van der Waals surface area contributed by atoms with E-state index in [4.69, 9.17) is 4.74 Å². The van der Waals surface area contributed by atoms with Gasteiger partial charge in [-0.25, -0.2) is 0 Å². The predicted molar refractivity (Wildman–Crippen MR) is 219 cm³/mol. The molecule has 0 saturated heterocycles. The molecule has 0 fully saturated rings. The molecule has 0 aliphatic rings. The molecule has 0 amide bonds. The average molecular weight is 685 g/mol. The van der Waals surface area contributed by atoms with Gasteiger partial charge in [-0.15, -0.1) is 0 Å². The summed E-state index contributed by atoms with van der Waals surface area (Å²) in [7, 11) is 6.71. The van der Waals surface area contributed by atoms with E-state index < -0.39 is 0 Å². The Hall–Kier alpha value is -1.61. The zero-order valence-corrected chi connectivity index (χ0v) is 33.9. The number of allylic oxidation sites excluding steroid dienone is 8. The van der Waals surface area contributed by atoms with E-state index in [9.17, 15) is 4.79 Å². The maximum Gasteiger partial charge on any atom is 0.306 e. The third-order valence-corrected chi connectivity index (χ3v) is 9.46. The molecule has 0 aliphatic heterocycles. The number of hydrogen-bond acceptors (Lipinski definition) is 2. The Balaban J connectivity index is 4.15. The van der Waals surface area contributed by atoms with Crippen LogP contribution in [0.3, 0.4) is 0 Å². The van der Waals surface area contributed by atoms with Crippen molar-refractivity contribution in [3.63, 3.8) is 0 Å². The summed E-state index contributed by atoms with van der Waals surface area (Å²) in [6.45, 7) is 5.69. The number of rotatable bonds is 37. The standard InChI is InChI=1S/C46H86NO2/c1-6-8-10-12-14-16-18-20-22-24-26-28-30-32-34-37-41-45(49-46(48)43-39-36-40-44-47(3,4)5)42-38-35-33-31-29-27-25-23-21-19-17-15-13-11-9-7-2/h14-17,20-23,45H,6-13,18-19,24-44H2,1-5H3/q+1. The number of quaternary nitrogens is 1. The fraction of sp³-hybridized carbons (Fsp3) is 0.804. The summed E-state index contributed by atoms with van der Waals surface area (Å²) >= 11 is 0. The summed E-state index contributed by atoms with van der Waals surface area (Å²) in [6.07, 6.45) is 55.3. The molecule has 0 saturated carbocycles. The molecule has 0 rings (SSSR count). The van der Waals surface area contributed by atoms with Crippen LogP contribution in [0.5, 0.6) is 0 Å². The molecule has 0 atom stereocenters. The quantitative estimate of drug-likeness (QED) is 0.0282. The first-order valence-corrected chi connectivity index (χ1v) is 21.5. The molecule has 0 spiro atoms. The predicted octanol–water partition coefficient (Wildman–Crippen LogP) is 14.6. The molecule has 0 radical (unpaired) electrons. The van der Waals surface area contributed by atoms with Gasteiger partial charge in [-0.1, -0.05) is 140 Å². The summed E-state index contributed by atoms with van der Waals surface area (Å²) < 4.78 is 7.07. The van der Waals surface area contributed by atoms with Crippen molar-refractivity contribution in [1.29, 1.82) is 0 Å². The molecule has 0 N–H and O–H groups in total. The van der Waals surface area contributed by atoms with Crippen molar-refractivity contribution in [2.45, 2.75) is 213 Å². The highest BCUT2D eigenvalue weighted by Gasteiger charge is 2.14. The van der Waals surface area contributed by atoms with Crippen molar-refractivity contribution >= 4 is 5.97 Å². The lowest BCUT2D eigenvalue weighted by atomic mass is 10.0. The Labute approximate surface area is 308 Å².